The first-order valence-electron chi connectivity index (χ1n) is 6.19. The maximum absolute atomic E-state index is 10.7. The van der Waals surface area contributed by atoms with Crippen LogP contribution in [-0.4, -0.2) is 33.6 Å². The van der Waals surface area contributed by atoms with Gasteiger partial charge in [-0.05, 0) is 31.2 Å². The van der Waals surface area contributed by atoms with Crippen molar-refractivity contribution in [1.29, 1.82) is 0 Å². The number of carbonyl (C=O) groups is 1. The van der Waals surface area contributed by atoms with Crippen molar-refractivity contribution in [2.45, 2.75) is 37.0 Å². The van der Waals surface area contributed by atoms with Crippen molar-refractivity contribution in [3.63, 3.8) is 0 Å². The topological polar surface area (TPSA) is 62.2 Å². The predicted molar refractivity (Wildman–Crippen MR) is 74.4 cm³/mol. The third-order valence-electron chi connectivity index (χ3n) is 3.35. The molecule has 4 nitrogen and oxygen atoms in total. The molecule has 18 heavy (non-hydrogen) atoms. The van der Waals surface area contributed by atoms with Gasteiger partial charge in [0.05, 0.1) is 5.56 Å². The smallest absolute Gasteiger partial charge is 0.337 e. The molecule has 0 bridgehead atoms. The number of carboxylic acids is 1. The number of aromatic carboxylic acids is 1. The first-order valence-corrected chi connectivity index (χ1v) is 7.48. The van der Waals surface area contributed by atoms with Crippen molar-refractivity contribution in [1.82, 2.24) is 4.98 Å². The molecular formula is C13H18N2O2S. The zero-order valence-electron chi connectivity index (χ0n) is 10.4. The van der Waals surface area contributed by atoms with Gasteiger partial charge in [-0.15, -0.1) is 0 Å². The summed E-state index contributed by atoms with van der Waals surface area (Å²) in [4.78, 5) is 14.9. The van der Waals surface area contributed by atoms with Crippen molar-refractivity contribution < 1.29 is 9.90 Å². The first-order chi connectivity index (χ1) is 8.70. The second-order valence-electron chi connectivity index (χ2n) is 4.55. The van der Waals surface area contributed by atoms with Crippen molar-refractivity contribution in [3.8, 4) is 0 Å². The summed E-state index contributed by atoms with van der Waals surface area (Å²) < 4.78 is 0. The second-order valence-corrected chi connectivity index (χ2v) is 5.62. The number of nitrogens with zero attached hydrogens (tertiary/aromatic N) is 1. The number of aromatic nitrogens is 1. The van der Waals surface area contributed by atoms with Gasteiger partial charge in [0.15, 0.2) is 0 Å². The molecule has 0 spiro atoms. The van der Waals surface area contributed by atoms with Crippen LogP contribution in [0.15, 0.2) is 18.3 Å². The Bertz CT molecular complexity index is 408. The van der Waals surface area contributed by atoms with Crippen LogP contribution in [0.1, 0.15) is 36.0 Å². The number of pyridine rings is 1. The molecule has 0 amide bonds. The summed E-state index contributed by atoms with van der Waals surface area (Å²) >= 11 is 1.90. The van der Waals surface area contributed by atoms with Crippen LogP contribution in [-0.2, 0) is 0 Å². The Morgan fingerprint density at radius 2 is 2.22 bits per heavy atom. The van der Waals surface area contributed by atoms with Crippen LogP contribution >= 0.6 is 11.8 Å². The van der Waals surface area contributed by atoms with E-state index in [2.05, 4.69) is 16.6 Å². The lowest BCUT2D eigenvalue weighted by Gasteiger charge is -2.31. The minimum Gasteiger partial charge on any atom is -0.478 e. The standard InChI is InChI=1S/C13H18N2O2S/c1-18-11-5-3-2-4-10(11)15-12-7-6-9(8-14-12)13(16)17/h6-8,10-11H,2-5H2,1H3,(H,14,15)(H,16,17). The summed E-state index contributed by atoms with van der Waals surface area (Å²) in [7, 11) is 0. The maximum Gasteiger partial charge on any atom is 0.337 e. The highest BCUT2D eigenvalue weighted by Gasteiger charge is 2.24. The van der Waals surface area contributed by atoms with Crippen molar-refractivity contribution in [3.05, 3.63) is 23.9 Å². The van der Waals surface area contributed by atoms with Crippen molar-refractivity contribution in [2.75, 3.05) is 11.6 Å². The summed E-state index contributed by atoms with van der Waals surface area (Å²) in [5, 5.41) is 12.9. The Labute approximate surface area is 111 Å². The van der Waals surface area contributed by atoms with Gasteiger partial charge in [-0.1, -0.05) is 12.8 Å². The number of hydrogen-bond donors (Lipinski definition) is 2. The molecule has 1 aromatic heterocycles. The number of anilines is 1. The van der Waals surface area contributed by atoms with Gasteiger partial charge in [0.25, 0.3) is 0 Å². The van der Waals surface area contributed by atoms with Crippen LogP contribution in [0, 0.1) is 0 Å². The van der Waals surface area contributed by atoms with E-state index in [9.17, 15) is 4.79 Å². The fraction of sp³-hybridized carbons (Fsp3) is 0.538. The molecule has 1 fully saturated rings. The van der Waals surface area contributed by atoms with Gasteiger partial charge in [0, 0.05) is 17.5 Å². The number of nitrogens with one attached hydrogen (secondary N) is 1. The molecule has 2 N–H and O–H groups in total. The minimum absolute atomic E-state index is 0.227. The number of carboxylic acid groups (broad SMARTS) is 1. The van der Waals surface area contributed by atoms with Crippen LogP contribution in [0.3, 0.4) is 0 Å². The van der Waals surface area contributed by atoms with Crippen LogP contribution in [0.5, 0.6) is 0 Å². The Morgan fingerprint density at radius 1 is 1.44 bits per heavy atom. The van der Waals surface area contributed by atoms with Gasteiger partial charge in [-0.3, -0.25) is 0 Å². The highest BCUT2D eigenvalue weighted by molar-refractivity contribution is 7.99. The van der Waals surface area contributed by atoms with E-state index in [1.165, 1.54) is 25.5 Å². The van der Waals surface area contributed by atoms with Crippen molar-refractivity contribution >= 4 is 23.5 Å². The van der Waals surface area contributed by atoms with Gasteiger partial charge in [-0.2, -0.15) is 11.8 Å². The third kappa shape index (κ3) is 3.16. The zero-order valence-corrected chi connectivity index (χ0v) is 11.2. The summed E-state index contributed by atoms with van der Waals surface area (Å²) in [6, 6.07) is 3.78. The molecular weight excluding hydrogens is 248 g/mol. The Kier molecular flexibility index (Phi) is 4.47. The van der Waals surface area contributed by atoms with Gasteiger partial charge in [0.2, 0.25) is 0 Å². The van der Waals surface area contributed by atoms with E-state index >= 15 is 0 Å². The molecule has 98 valence electrons. The highest BCUT2D eigenvalue weighted by Crippen LogP contribution is 2.29. The number of rotatable bonds is 4. The fourth-order valence-corrected chi connectivity index (χ4v) is 3.27. The van der Waals surface area contributed by atoms with Gasteiger partial charge >= 0.3 is 5.97 Å². The molecule has 1 aromatic rings. The van der Waals surface area contributed by atoms with Crippen LogP contribution < -0.4 is 5.32 Å². The Morgan fingerprint density at radius 3 is 2.83 bits per heavy atom. The summed E-state index contributed by atoms with van der Waals surface area (Å²) in [6.07, 6.45) is 8.50. The average molecular weight is 266 g/mol. The largest absolute Gasteiger partial charge is 0.478 e. The highest BCUT2D eigenvalue weighted by atomic mass is 32.2. The molecule has 0 saturated heterocycles. The fourth-order valence-electron chi connectivity index (χ4n) is 2.34. The maximum atomic E-state index is 10.7. The van der Waals surface area contributed by atoms with E-state index in [1.54, 1.807) is 12.1 Å². The molecule has 0 aliphatic heterocycles. The van der Waals surface area contributed by atoms with Gasteiger partial charge in [-0.25, -0.2) is 9.78 Å². The molecule has 1 aliphatic carbocycles. The number of hydrogen-bond acceptors (Lipinski definition) is 4. The monoisotopic (exact) mass is 266 g/mol. The molecule has 0 radical (unpaired) electrons. The third-order valence-corrected chi connectivity index (χ3v) is 4.52. The molecule has 5 heteroatoms. The summed E-state index contributed by atoms with van der Waals surface area (Å²) in [6.45, 7) is 0. The molecule has 0 aromatic carbocycles. The Hall–Kier alpha value is -1.23. The van der Waals surface area contributed by atoms with E-state index in [4.69, 9.17) is 5.11 Å². The lowest BCUT2D eigenvalue weighted by molar-refractivity contribution is 0.0696. The summed E-state index contributed by atoms with van der Waals surface area (Å²) in [5.74, 6) is -0.167. The van der Waals surface area contributed by atoms with E-state index in [0.717, 1.165) is 12.2 Å². The predicted octanol–water partition coefficient (Wildman–Crippen LogP) is 2.87. The molecule has 1 saturated carbocycles. The van der Waals surface area contributed by atoms with Crippen LogP contribution in [0.25, 0.3) is 0 Å². The first kappa shape index (κ1) is 13.2. The second kappa shape index (κ2) is 6.09. The van der Waals surface area contributed by atoms with Crippen LogP contribution in [0.2, 0.25) is 0 Å². The molecule has 2 unspecified atom stereocenters. The van der Waals surface area contributed by atoms with Crippen molar-refractivity contribution in [2.24, 2.45) is 0 Å². The normalized spacial score (nSPS) is 23.6. The van der Waals surface area contributed by atoms with E-state index < -0.39 is 5.97 Å². The van der Waals surface area contributed by atoms with E-state index in [0.29, 0.717) is 11.3 Å². The molecule has 1 heterocycles. The average Bonchev–Trinajstić information content (AvgIpc) is 2.40. The van der Waals surface area contributed by atoms with E-state index in [1.807, 2.05) is 11.8 Å². The molecule has 1 aliphatic rings. The lowest BCUT2D eigenvalue weighted by atomic mass is 9.95. The summed E-state index contributed by atoms with van der Waals surface area (Å²) in [5.41, 5.74) is 0.227. The van der Waals surface area contributed by atoms with Gasteiger partial charge in [0.1, 0.15) is 5.82 Å². The molecule has 2 atom stereocenters. The lowest BCUT2D eigenvalue weighted by Crippen LogP contribution is -2.34. The SMILES string of the molecule is CSC1CCCCC1Nc1ccc(C(=O)O)cn1. The van der Waals surface area contributed by atoms with Crippen LogP contribution in [0.4, 0.5) is 5.82 Å². The number of thioether (sulfide) groups is 1. The van der Waals surface area contributed by atoms with E-state index in [-0.39, 0.29) is 5.56 Å². The zero-order chi connectivity index (χ0) is 13.0. The minimum atomic E-state index is -0.936. The molecule has 2 rings (SSSR count). The van der Waals surface area contributed by atoms with Gasteiger partial charge < -0.3 is 10.4 Å². The Balaban J connectivity index is 2.01. The quantitative estimate of drug-likeness (QED) is 0.877.